The van der Waals surface area contributed by atoms with Crippen LogP contribution < -0.4 is 0 Å². The number of esters is 1. The van der Waals surface area contributed by atoms with Crippen LogP contribution in [0.4, 0.5) is 0 Å². The molecule has 0 unspecified atom stereocenters. The highest BCUT2D eigenvalue weighted by molar-refractivity contribution is 14.1. The highest BCUT2D eigenvalue weighted by Crippen LogP contribution is 2.09. The zero-order valence-corrected chi connectivity index (χ0v) is 11.3. The predicted octanol–water partition coefficient (Wildman–Crippen LogP) is 3.65. The van der Waals surface area contributed by atoms with Gasteiger partial charge in [0, 0.05) is 3.57 Å². The number of carbonyl (C=O) groups is 1. The lowest BCUT2D eigenvalue weighted by molar-refractivity contribution is 0.0472. The molecule has 0 fully saturated rings. The fraction of sp³-hybridized carbons (Fsp3) is 0.0714. The molecule has 0 heterocycles. The molecule has 0 aliphatic carbocycles. The second-order valence-corrected chi connectivity index (χ2v) is 4.81. The van der Waals surface area contributed by atoms with Crippen molar-refractivity contribution in [3.63, 3.8) is 0 Å². The summed E-state index contributed by atoms with van der Waals surface area (Å²) < 4.78 is 6.31. The van der Waals surface area contributed by atoms with Crippen molar-refractivity contribution >= 4 is 28.6 Å². The third-order valence-electron chi connectivity index (χ3n) is 2.29. The van der Waals surface area contributed by atoms with Gasteiger partial charge in [0.05, 0.1) is 5.56 Å². The third kappa shape index (κ3) is 3.56. The average molecular weight is 338 g/mol. The summed E-state index contributed by atoms with van der Waals surface area (Å²) in [6.45, 7) is 0.311. The first-order valence-electron chi connectivity index (χ1n) is 5.22. The molecule has 2 rings (SSSR count). The number of rotatable bonds is 3. The maximum Gasteiger partial charge on any atom is 0.338 e. The molecule has 0 atom stereocenters. The van der Waals surface area contributed by atoms with Crippen LogP contribution in [0.3, 0.4) is 0 Å². The number of ether oxygens (including phenoxy) is 1. The maximum atomic E-state index is 11.7. The van der Waals surface area contributed by atoms with Gasteiger partial charge in [-0.2, -0.15) is 0 Å². The van der Waals surface area contributed by atoms with E-state index >= 15 is 0 Å². The van der Waals surface area contributed by atoms with Gasteiger partial charge in [-0.05, 0) is 52.4 Å². The number of hydrogen-bond donors (Lipinski definition) is 0. The van der Waals surface area contributed by atoms with Crippen LogP contribution >= 0.6 is 22.6 Å². The number of benzene rings is 2. The second kappa shape index (κ2) is 5.82. The summed E-state index contributed by atoms with van der Waals surface area (Å²) in [6, 6.07) is 17.0. The molecule has 2 aromatic rings. The van der Waals surface area contributed by atoms with Crippen LogP contribution in [-0.2, 0) is 11.3 Å². The van der Waals surface area contributed by atoms with Gasteiger partial charge in [-0.25, -0.2) is 4.79 Å². The molecule has 0 aliphatic heterocycles. The van der Waals surface area contributed by atoms with Gasteiger partial charge in [0.2, 0.25) is 0 Å². The van der Waals surface area contributed by atoms with E-state index in [2.05, 4.69) is 22.6 Å². The first-order valence-corrected chi connectivity index (χ1v) is 6.30. The summed E-state index contributed by atoms with van der Waals surface area (Å²) in [4.78, 5) is 11.7. The summed E-state index contributed by atoms with van der Waals surface area (Å²) in [5.74, 6) is -0.287. The van der Waals surface area contributed by atoms with Crippen LogP contribution in [0, 0.1) is 3.57 Å². The Hall–Kier alpha value is -1.36. The first-order chi connectivity index (χ1) is 8.25. The Balaban J connectivity index is 1.96. The first kappa shape index (κ1) is 12.1. The molecule has 0 saturated carbocycles. The molecule has 0 spiro atoms. The van der Waals surface area contributed by atoms with Gasteiger partial charge in [0.25, 0.3) is 0 Å². The normalized spacial score (nSPS) is 9.94. The van der Waals surface area contributed by atoms with Gasteiger partial charge in [0.1, 0.15) is 6.61 Å². The molecule has 0 saturated heterocycles. The van der Waals surface area contributed by atoms with Crippen molar-refractivity contribution in [3.05, 3.63) is 69.3 Å². The van der Waals surface area contributed by atoms with Crippen molar-refractivity contribution in [1.82, 2.24) is 0 Å². The molecule has 0 amide bonds. The Labute approximate surface area is 114 Å². The van der Waals surface area contributed by atoms with Crippen molar-refractivity contribution in [1.29, 1.82) is 0 Å². The van der Waals surface area contributed by atoms with Crippen molar-refractivity contribution < 1.29 is 9.53 Å². The minimum absolute atomic E-state index is 0.287. The van der Waals surface area contributed by atoms with Crippen molar-refractivity contribution in [2.75, 3.05) is 0 Å². The van der Waals surface area contributed by atoms with Crippen LogP contribution in [0.1, 0.15) is 15.9 Å². The van der Waals surface area contributed by atoms with Crippen molar-refractivity contribution in [3.8, 4) is 0 Å². The molecule has 0 radical (unpaired) electrons. The molecule has 2 aromatic carbocycles. The summed E-state index contributed by atoms with van der Waals surface area (Å²) in [6.07, 6.45) is 0. The van der Waals surface area contributed by atoms with Crippen LogP contribution in [0.5, 0.6) is 0 Å². The number of halogens is 1. The van der Waals surface area contributed by atoms with Crippen LogP contribution in [0.15, 0.2) is 54.6 Å². The zero-order chi connectivity index (χ0) is 12.1. The molecule has 86 valence electrons. The summed E-state index contributed by atoms with van der Waals surface area (Å²) in [5.41, 5.74) is 1.58. The van der Waals surface area contributed by atoms with Gasteiger partial charge >= 0.3 is 5.97 Å². The van der Waals surface area contributed by atoms with E-state index in [1.807, 2.05) is 42.5 Å². The predicted molar refractivity (Wildman–Crippen MR) is 74.7 cm³/mol. The maximum absolute atomic E-state index is 11.7. The Morgan fingerprint density at radius 3 is 2.29 bits per heavy atom. The van der Waals surface area contributed by atoms with E-state index in [1.54, 1.807) is 12.1 Å². The molecule has 0 N–H and O–H groups in total. The van der Waals surface area contributed by atoms with Crippen molar-refractivity contribution in [2.24, 2.45) is 0 Å². The zero-order valence-electron chi connectivity index (χ0n) is 9.10. The summed E-state index contributed by atoms with van der Waals surface area (Å²) in [5, 5.41) is 0. The highest BCUT2D eigenvalue weighted by Gasteiger charge is 2.06. The smallest absolute Gasteiger partial charge is 0.338 e. The van der Waals surface area contributed by atoms with E-state index in [-0.39, 0.29) is 5.97 Å². The average Bonchev–Trinajstić information content (AvgIpc) is 2.38. The fourth-order valence-electron chi connectivity index (χ4n) is 1.39. The Bertz CT molecular complexity index is 491. The van der Waals surface area contributed by atoms with E-state index < -0.39 is 0 Å². The fourth-order valence-corrected chi connectivity index (χ4v) is 1.75. The van der Waals surface area contributed by atoms with Gasteiger partial charge in [-0.3, -0.25) is 0 Å². The number of hydrogen-bond acceptors (Lipinski definition) is 2. The van der Waals surface area contributed by atoms with Gasteiger partial charge < -0.3 is 4.74 Å². The minimum atomic E-state index is -0.287. The van der Waals surface area contributed by atoms with E-state index in [0.29, 0.717) is 12.2 Å². The molecule has 0 bridgehead atoms. The van der Waals surface area contributed by atoms with Gasteiger partial charge in [0.15, 0.2) is 0 Å². The Kier molecular flexibility index (Phi) is 4.14. The largest absolute Gasteiger partial charge is 0.457 e. The Morgan fingerprint density at radius 1 is 1.00 bits per heavy atom. The topological polar surface area (TPSA) is 26.3 Å². The molecule has 3 heteroatoms. The Morgan fingerprint density at radius 2 is 1.65 bits per heavy atom. The van der Waals surface area contributed by atoms with E-state index in [9.17, 15) is 4.79 Å². The molecule has 2 nitrogen and oxygen atoms in total. The van der Waals surface area contributed by atoms with Crippen LogP contribution in [0.2, 0.25) is 0 Å². The lowest BCUT2D eigenvalue weighted by atomic mass is 10.2. The standard InChI is InChI=1S/C14H11IO2/c15-13-8-6-12(7-9-13)14(16)17-10-11-4-2-1-3-5-11/h1-9H,10H2. The van der Waals surface area contributed by atoms with E-state index in [1.165, 1.54) is 0 Å². The summed E-state index contributed by atoms with van der Waals surface area (Å²) in [7, 11) is 0. The molecular weight excluding hydrogens is 327 g/mol. The monoisotopic (exact) mass is 338 g/mol. The second-order valence-electron chi connectivity index (χ2n) is 3.57. The quantitative estimate of drug-likeness (QED) is 0.631. The highest BCUT2D eigenvalue weighted by atomic mass is 127. The van der Waals surface area contributed by atoms with E-state index in [0.717, 1.165) is 9.13 Å². The lowest BCUT2D eigenvalue weighted by Crippen LogP contribution is -2.04. The number of carbonyl (C=O) groups excluding carboxylic acids is 1. The molecule has 17 heavy (non-hydrogen) atoms. The van der Waals surface area contributed by atoms with Gasteiger partial charge in [-0.1, -0.05) is 30.3 Å². The summed E-state index contributed by atoms with van der Waals surface area (Å²) >= 11 is 2.20. The molecule has 0 aromatic heterocycles. The minimum Gasteiger partial charge on any atom is -0.457 e. The molecule has 0 aliphatic rings. The van der Waals surface area contributed by atoms with Crippen LogP contribution in [0.25, 0.3) is 0 Å². The van der Waals surface area contributed by atoms with Crippen LogP contribution in [-0.4, -0.2) is 5.97 Å². The lowest BCUT2D eigenvalue weighted by Gasteiger charge is -2.04. The van der Waals surface area contributed by atoms with Crippen molar-refractivity contribution in [2.45, 2.75) is 6.61 Å². The van der Waals surface area contributed by atoms with E-state index in [4.69, 9.17) is 4.74 Å². The SMILES string of the molecule is O=C(OCc1ccccc1)c1ccc(I)cc1. The third-order valence-corrected chi connectivity index (χ3v) is 3.01. The van der Waals surface area contributed by atoms with Gasteiger partial charge in [-0.15, -0.1) is 0 Å². The molecular formula is C14H11IO2.